The number of aliphatic hydroxyl groups is 2. The largest absolute Gasteiger partial charge is 0.478 e. The molecule has 0 aromatic rings. The first-order valence-corrected chi connectivity index (χ1v) is 3.54. The lowest BCUT2D eigenvalue weighted by atomic mass is 10.4. The summed E-state index contributed by atoms with van der Waals surface area (Å²) in [7, 11) is 1.31. The summed E-state index contributed by atoms with van der Waals surface area (Å²) in [6.45, 7) is 4.73. The molecule has 0 heterocycles. The van der Waals surface area contributed by atoms with E-state index < -0.39 is 5.97 Å². The van der Waals surface area contributed by atoms with Crippen molar-refractivity contribution in [3.05, 3.63) is 12.2 Å². The highest BCUT2D eigenvalue weighted by molar-refractivity contribution is 5.84. The second-order valence-electron chi connectivity index (χ2n) is 1.86. The molecule has 0 fully saturated rings. The van der Waals surface area contributed by atoms with E-state index in [0.29, 0.717) is 6.47 Å². The lowest BCUT2D eigenvalue weighted by molar-refractivity contribution is -0.132. The van der Waals surface area contributed by atoms with Crippen molar-refractivity contribution in [3.63, 3.8) is 0 Å². The van der Waals surface area contributed by atoms with Gasteiger partial charge in [0, 0.05) is 5.57 Å². The van der Waals surface area contributed by atoms with Gasteiger partial charge in [-0.05, 0) is 6.92 Å². The molecule has 0 unspecified atom stereocenters. The number of hydrogen-bond acceptors (Lipinski definition) is 5. The Morgan fingerprint density at radius 3 is 1.64 bits per heavy atom. The maximum atomic E-state index is 9.60. The van der Waals surface area contributed by atoms with Crippen molar-refractivity contribution in [1.82, 2.24) is 0 Å². The molecule has 0 rings (SSSR count). The summed E-state index contributed by atoms with van der Waals surface area (Å²) in [4.78, 5) is 18.6. The normalized spacial score (nSPS) is 6.86. The SMILES string of the molecule is C=C(C)C(=O)O.COC=O.OCCO. The summed E-state index contributed by atoms with van der Waals surface area (Å²) in [5.74, 6) is -0.935. The van der Waals surface area contributed by atoms with Crippen LogP contribution < -0.4 is 0 Å². The summed E-state index contributed by atoms with van der Waals surface area (Å²) in [6, 6.07) is 0. The van der Waals surface area contributed by atoms with Gasteiger partial charge in [-0.2, -0.15) is 0 Å². The number of rotatable bonds is 3. The fraction of sp³-hybridized carbons (Fsp3) is 0.500. The summed E-state index contributed by atoms with van der Waals surface area (Å²) >= 11 is 0. The molecule has 0 aliphatic rings. The highest BCUT2D eigenvalue weighted by atomic mass is 16.5. The molecule has 0 saturated carbocycles. The number of carbonyl (C=O) groups excluding carboxylic acids is 1. The average molecular weight is 208 g/mol. The summed E-state index contributed by atoms with van der Waals surface area (Å²) in [5, 5.41) is 23.1. The lowest BCUT2D eigenvalue weighted by Gasteiger charge is -1.79. The van der Waals surface area contributed by atoms with Crippen LogP contribution >= 0.6 is 0 Å². The molecule has 0 aromatic carbocycles. The number of ether oxygens (including phenoxy) is 1. The van der Waals surface area contributed by atoms with Crippen molar-refractivity contribution in [3.8, 4) is 0 Å². The van der Waals surface area contributed by atoms with Crippen LogP contribution in [0.4, 0.5) is 0 Å². The molecule has 0 spiro atoms. The van der Waals surface area contributed by atoms with Crippen molar-refractivity contribution < 1.29 is 29.6 Å². The van der Waals surface area contributed by atoms with Crippen LogP contribution in [0.3, 0.4) is 0 Å². The zero-order valence-electron chi connectivity index (χ0n) is 8.27. The van der Waals surface area contributed by atoms with E-state index in [1.54, 1.807) is 0 Å². The Bertz CT molecular complexity index is 140. The third kappa shape index (κ3) is 46.2. The van der Waals surface area contributed by atoms with Gasteiger partial charge in [-0.25, -0.2) is 4.79 Å². The highest BCUT2D eigenvalue weighted by Crippen LogP contribution is 1.81. The molecule has 6 nitrogen and oxygen atoms in total. The van der Waals surface area contributed by atoms with Gasteiger partial charge < -0.3 is 20.1 Å². The van der Waals surface area contributed by atoms with Gasteiger partial charge in [0.05, 0.1) is 20.3 Å². The van der Waals surface area contributed by atoms with E-state index in [0.717, 1.165) is 0 Å². The zero-order valence-corrected chi connectivity index (χ0v) is 8.27. The third-order valence-corrected chi connectivity index (χ3v) is 0.561. The second kappa shape index (κ2) is 17.6. The zero-order chi connectivity index (χ0) is 12.0. The molecule has 0 amide bonds. The van der Waals surface area contributed by atoms with E-state index in [2.05, 4.69) is 11.3 Å². The van der Waals surface area contributed by atoms with E-state index >= 15 is 0 Å². The third-order valence-electron chi connectivity index (χ3n) is 0.561. The van der Waals surface area contributed by atoms with E-state index in [-0.39, 0.29) is 18.8 Å². The Hall–Kier alpha value is -1.40. The Labute approximate surface area is 82.4 Å². The van der Waals surface area contributed by atoms with E-state index in [1.807, 2.05) is 0 Å². The van der Waals surface area contributed by atoms with Gasteiger partial charge in [0.15, 0.2) is 0 Å². The van der Waals surface area contributed by atoms with Gasteiger partial charge in [-0.15, -0.1) is 0 Å². The van der Waals surface area contributed by atoms with Crippen LogP contribution in [0.25, 0.3) is 0 Å². The minimum atomic E-state index is -0.935. The molecule has 0 aliphatic heterocycles. The van der Waals surface area contributed by atoms with Gasteiger partial charge in [0.25, 0.3) is 6.47 Å². The maximum Gasteiger partial charge on any atom is 0.330 e. The molecule has 0 saturated heterocycles. The summed E-state index contributed by atoms with van der Waals surface area (Å²) in [5.41, 5.74) is 0.176. The average Bonchev–Trinajstić information content (AvgIpc) is 2.18. The Balaban J connectivity index is -0.000000135. The maximum absolute atomic E-state index is 9.60. The Morgan fingerprint density at radius 1 is 1.43 bits per heavy atom. The molecule has 0 radical (unpaired) electrons. The molecule has 0 aliphatic carbocycles. The van der Waals surface area contributed by atoms with Crippen molar-refractivity contribution in [1.29, 1.82) is 0 Å². The number of hydrogen-bond donors (Lipinski definition) is 3. The quantitative estimate of drug-likeness (QED) is 0.423. The number of aliphatic hydroxyl groups excluding tert-OH is 2. The summed E-state index contributed by atoms with van der Waals surface area (Å²) in [6.07, 6.45) is 0. The molecule has 84 valence electrons. The van der Waals surface area contributed by atoms with Crippen LogP contribution in [0.1, 0.15) is 6.92 Å². The Morgan fingerprint density at radius 2 is 1.64 bits per heavy atom. The first-order chi connectivity index (χ1) is 6.47. The van der Waals surface area contributed by atoms with Crippen LogP contribution in [-0.2, 0) is 14.3 Å². The van der Waals surface area contributed by atoms with Gasteiger partial charge >= 0.3 is 5.97 Å². The second-order valence-corrected chi connectivity index (χ2v) is 1.86. The molecular formula is C8H16O6. The number of methoxy groups -OCH3 is 1. The Kier molecular flexibility index (Phi) is 23.2. The fourth-order valence-electron chi connectivity index (χ4n) is 0. The summed E-state index contributed by atoms with van der Waals surface area (Å²) < 4.78 is 3.86. The number of aliphatic carboxylic acids is 1. The monoisotopic (exact) mass is 208 g/mol. The van der Waals surface area contributed by atoms with Crippen molar-refractivity contribution in [2.24, 2.45) is 0 Å². The predicted octanol–water partition coefficient (Wildman–Crippen LogP) is -0.593. The van der Waals surface area contributed by atoms with E-state index in [1.165, 1.54) is 14.0 Å². The van der Waals surface area contributed by atoms with Crippen LogP contribution in [-0.4, -0.2) is 48.1 Å². The number of carboxylic acid groups (broad SMARTS) is 1. The van der Waals surface area contributed by atoms with Gasteiger partial charge in [0.1, 0.15) is 0 Å². The first kappa shape index (κ1) is 18.4. The van der Waals surface area contributed by atoms with Gasteiger partial charge in [0.2, 0.25) is 0 Å². The first-order valence-electron chi connectivity index (χ1n) is 3.54. The molecule has 0 aromatic heterocycles. The molecule has 0 atom stereocenters. The number of carboxylic acids is 1. The molecule has 3 N–H and O–H groups in total. The van der Waals surface area contributed by atoms with E-state index in [4.69, 9.17) is 20.1 Å². The molecule has 14 heavy (non-hydrogen) atoms. The van der Waals surface area contributed by atoms with E-state index in [9.17, 15) is 4.79 Å². The van der Waals surface area contributed by atoms with Crippen LogP contribution in [0.15, 0.2) is 12.2 Å². The minimum absolute atomic E-state index is 0.125. The van der Waals surface area contributed by atoms with Crippen molar-refractivity contribution >= 4 is 12.4 Å². The van der Waals surface area contributed by atoms with Crippen molar-refractivity contribution in [2.45, 2.75) is 6.92 Å². The van der Waals surface area contributed by atoms with Crippen molar-refractivity contribution in [2.75, 3.05) is 20.3 Å². The highest BCUT2D eigenvalue weighted by Gasteiger charge is 1.90. The predicted molar refractivity (Wildman–Crippen MR) is 49.7 cm³/mol. The van der Waals surface area contributed by atoms with Crippen LogP contribution in [0.2, 0.25) is 0 Å². The standard InChI is InChI=1S/C4H6O2.C2H4O2.C2H6O2/c1-3(2)4(5)6;1-4-2-3;3-1-2-4/h1H2,2H3,(H,5,6);2H,1H3;3-4H,1-2H2. The minimum Gasteiger partial charge on any atom is -0.478 e. The molecular weight excluding hydrogens is 192 g/mol. The van der Waals surface area contributed by atoms with Gasteiger partial charge in [-0.1, -0.05) is 6.58 Å². The van der Waals surface area contributed by atoms with Gasteiger partial charge in [-0.3, -0.25) is 4.79 Å². The van der Waals surface area contributed by atoms with Crippen LogP contribution in [0.5, 0.6) is 0 Å². The van der Waals surface area contributed by atoms with Crippen LogP contribution in [0, 0.1) is 0 Å². The smallest absolute Gasteiger partial charge is 0.330 e. The number of carbonyl (C=O) groups is 2. The fourth-order valence-corrected chi connectivity index (χ4v) is 0. The molecule has 6 heteroatoms. The lowest BCUT2D eigenvalue weighted by Crippen LogP contribution is -1.92. The molecule has 0 bridgehead atoms. The topological polar surface area (TPSA) is 104 Å².